The van der Waals surface area contributed by atoms with Gasteiger partial charge in [0.25, 0.3) is 0 Å². The van der Waals surface area contributed by atoms with Gasteiger partial charge in [-0.2, -0.15) is 0 Å². The van der Waals surface area contributed by atoms with E-state index in [1.165, 1.54) is 83.1 Å². The van der Waals surface area contributed by atoms with Crippen LogP contribution in [0, 0.1) is 0 Å². The van der Waals surface area contributed by atoms with Crippen LogP contribution in [0.2, 0.25) is 0 Å². The van der Waals surface area contributed by atoms with Crippen molar-refractivity contribution in [1.82, 2.24) is 4.57 Å². The van der Waals surface area contributed by atoms with Gasteiger partial charge in [0.05, 0.1) is 22.1 Å². The Hall–Kier alpha value is -5.66. The third kappa shape index (κ3) is 2.89. The molecular weight excluding hydrogens is 530 g/mol. The van der Waals surface area contributed by atoms with Gasteiger partial charge in [0, 0.05) is 16.3 Å². The molecule has 1 aromatic heterocycles. The summed E-state index contributed by atoms with van der Waals surface area (Å²) in [7, 11) is 0. The lowest BCUT2D eigenvalue weighted by Crippen LogP contribution is -2.26. The lowest BCUT2D eigenvalue weighted by atomic mass is 9.70. The number of benzene rings is 7. The van der Waals surface area contributed by atoms with Gasteiger partial charge in [-0.05, 0) is 74.3 Å². The van der Waals surface area contributed by atoms with Crippen LogP contribution in [0.1, 0.15) is 22.3 Å². The van der Waals surface area contributed by atoms with Crippen LogP contribution in [-0.2, 0) is 5.41 Å². The van der Waals surface area contributed by atoms with Crippen LogP contribution >= 0.6 is 0 Å². The van der Waals surface area contributed by atoms with E-state index in [4.69, 9.17) is 0 Å². The highest BCUT2D eigenvalue weighted by Gasteiger charge is 2.52. The van der Waals surface area contributed by atoms with Crippen LogP contribution in [0.25, 0.3) is 60.9 Å². The van der Waals surface area contributed by atoms with Crippen molar-refractivity contribution in [2.45, 2.75) is 5.41 Å². The molecule has 1 atom stereocenters. The SMILES string of the molecule is c1ccc(-c2ccc3c(c2)C2(c4ccccc4-3)c3ccccc3-c3c(-n4c5ccccc5c5ccccc54)cccc32)cc1. The van der Waals surface area contributed by atoms with E-state index in [9.17, 15) is 0 Å². The summed E-state index contributed by atoms with van der Waals surface area (Å²) < 4.78 is 2.49. The molecule has 0 amide bonds. The van der Waals surface area contributed by atoms with Crippen LogP contribution in [-0.4, -0.2) is 4.57 Å². The van der Waals surface area contributed by atoms with E-state index >= 15 is 0 Å². The number of rotatable bonds is 2. The molecule has 0 saturated carbocycles. The van der Waals surface area contributed by atoms with E-state index in [0.717, 1.165) is 0 Å². The summed E-state index contributed by atoms with van der Waals surface area (Å²) >= 11 is 0. The summed E-state index contributed by atoms with van der Waals surface area (Å²) in [6.07, 6.45) is 0. The Labute approximate surface area is 256 Å². The van der Waals surface area contributed by atoms with Crippen molar-refractivity contribution in [3.8, 4) is 39.1 Å². The van der Waals surface area contributed by atoms with E-state index in [1.54, 1.807) is 0 Å². The second-order valence-corrected chi connectivity index (χ2v) is 12.0. The van der Waals surface area contributed by atoms with Gasteiger partial charge in [-0.3, -0.25) is 0 Å². The Kier molecular flexibility index (Phi) is 4.71. The topological polar surface area (TPSA) is 4.93 Å². The molecule has 0 N–H and O–H groups in total. The quantitative estimate of drug-likeness (QED) is 0.199. The summed E-state index contributed by atoms with van der Waals surface area (Å²) in [6.45, 7) is 0. The fraction of sp³-hybridized carbons (Fsp3) is 0.0233. The van der Waals surface area contributed by atoms with E-state index < -0.39 is 5.41 Å². The predicted octanol–water partition coefficient (Wildman–Crippen LogP) is 10.8. The van der Waals surface area contributed by atoms with Gasteiger partial charge in [0.15, 0.2) is 0 Å². The molecule has 0 aliphatic heterocycles. The van der Waals surface area contributed by atoms with Crippen molar-refractivity contribution in [1.29, 1.82) is 0 Å². The maximum Gasteiger partial charge on any atom is 0.0726 e. The smallest absolute Gasteiger partial charge is 0.0726 e. The monoisotopic (exact) mass is 557 g/mol. The summed E-state index contributed by atoms with van der Waals surface area (Å²) in [4.78, 5) is 0. The normalized spacial score (nSPS) is 15.8. The molecule has 2 aliphatic carbocycles. The molecule has 7 aromatic carbocycles. The Morgan fingerprint density at radius 1 is 0.364 bits per heavy atom. The van der Waals surface area contributed by atoms with Gasteiger partial charge in [0.2, 0.25) is 0 Å². The Balaban J connectivity index is 1.36. The molecular formula is C43H27N. The second kappa shape index (κ2) is 8.69. The molecule has 0 fully saturated rings. The van der Waals surface area contributed by atoms with E-state index in [0.29, 0.717) is 0 Å². The van der Waals surface area contributed by atoms with Crippen LogP contribution in [0.5, 0.6) is 0 Å². The maximum atomic E-state index is 2.49. The number of nitrogens with zero attached hydrogens (tertiary/aromatic N) is 1. The number of hydrogen-bond donors (Lipinski definition) is 0. The Morgan fingerprint density at radius 3 is 1.68 bits per heavy atom. The molecule has 1 unspecified atom stereocenters. The average molecular weight is 558 g/mol. The Bertz CT molecular complexity index is 2390. The summed E-state index contributed by atoms with van der Waals surface area (Å²) in [5, 5.41) is 2.57. The highest BCUT2D eigenvalue weighted by molar-refractivity contribution is 6.10. The van der Waals surface area contributed by atoms with Gasteiger partial charge >= 0.3 is 0 Å². The minimum absolute atomic E-state index is 0.405. The first-order valence-corrected chi connectivity index (χ1v) is 15.4. The van der Waals surface area contributed by atoms with Gasteiger partial charge < -0.3 is 4.57 Å². The zero-order valence-corrected chi connectivity index (χ0v) is 24.0. The lowest BCUT2D eigenvalue weighted by molar-refractivity contribution is 0.793. The van der Waals surface area contributed by atoms with Crippen LogP contribution in [0.4, 0.5) is 0 Å². The van der Waals surface area contributed by atoms with Gasteiger partial charge in [0.1, 0.15) is 0 Å². The molecule has 0 saturated heterocycles. The largest absolute Gasteiger partial charge is 0.309 e. The van der Waals surface area contributed by atoms with E-state index in [1.807, 2.05) is 0 Å². The molecule has 0 radical (unpaired) electrons. The molecule has 204 valence electrons. The Morgan fingerprint density at radius 2 is 0.932 bits per heavy atom. The van der Waals surface area contributed by atoms with Gasteiger partial charge in [-0.1, -0.05) is 140 Å². The molecule has 1 nitrogen and oxygen atoms in total. The van der Waals surface area contributed by atoms with Crippen LogP contribution < -0.4 is 0 Å². The summed E-state index contributed by atoms with van der Waals surface area (Å²) in [5.74, 6) is 0. The van der Waals surface area contributed by atoms with Crippen LogP contribution in [0.15, 0.2) is 164 Å². The lowest BCUT2D eigenvalue weighted by Gasteiger charge is -2.31. The van der Waals surface area contributed by atoms with Crippen molar-refractivity contribution in [2.75, 3.05) is 0 Å². The van der Waals surface area contributed by atoms with Crippen molar-refractivity contribution in [3.05, 3.63) is 186 Å². The maximum absolute atomic E-state index is 2.49. The average Bonchev–Trinajstić information content (AvgIpc) is 3.70. The van der Waals surface area contributed by atoms with Gasteiger partial charge in [-0.15, -0.1) is 0 Å². The molecule has 10 rings (SSSR count). The van der Waals surface area contributed by atoms with Crippen molar-refractivity contribution in [2.24, 2.45) is 0 Å². The minimum Gasteiger partial charge on any atom is -0.309 e. The molecule has 1 heterocycles. The van der Waals surface area contributed by atoms with Gasteiger partial charge in [-0.25, -0.2) is 0 Å². The van der Waals surface area contributed by atoms with Crippen molar-refractivity contribution < 1.29 is 0 Å². The standard InChI is InChI=1S/C43H27N/c1-2-13-28(14-3-1)29-25-26-31-30-15-4-8-19-35(30)43(38(31)27-29)36-20-9-5-18-34(36)42-37(43)21-12-24-41(42)44-39-22-10-6-16-32(39)33-17-7-11-23-40(33)44/h1-27H. The fourth-order valence-corrected chi connectivity index (χ4v) is 8.35. The third-order valence-corrected chi connectivity index (χ3v) is 10.0. The fourth-order valence-electron chi connectivity index (χ4n) is 8.35. The molecule has 0 bridgehead atoms. The molecule has 44 heavy (non-hydrogen) atoms. The molecule has 2 aliphatic rings. The molecule has 1 spiro atoms. The second-order valence-electron chi connectivity index (χ2n) is 12.0. The first-order chi connectivity index (χ1) is 21.9. The van der Waals surface area contributed by atoms with Crippen LogP contribution in [0.3, 0.4) is 0 Å². The number of hydrogen-bond acceptors (Lipinski definition) is 0. The predicted molar refractivity (Wildman–Crippen MR) is 183 cm³/mol. The number of para-hydroxylation sites is 2. The minimum atomic E-state index is -0.405. The molecule has 8 aromatic rings. The summed E-state index contributed by atoms with van der Waals surface area (Å²) in [5.41, 5.74) is 16.5. The number of fused-ring (bicyclic) bond motifs is 13. The zero-order valence-electron chi connectivity index (χ0n) is 24.0. The summed E-state index contributed by atoms with van der Waals surface area (Å²) in [6, 6.07) is 60.7. The zero-order chi connectivity index (χ0) is 28.8. The van der Waals surface area contributed by atoms with Crippen molar-refractivity contribution >= 4 is 21.8 Å². The highest BCUT2D eigenvalue weighted by Crippen LogP contribution is 2.64. The first-order valence-electron chi connectivity index (χ1n) is 15.4. The highest BCUT2D eigenvalue weighted by atomic mass is 15.0. The third-order valence-electron chi connectivity index (χ3n) is 10.0. The first kappa shape index (κ1) is 23.9. The van der Waals surface area contributed by atoms with E-state index in [-0.39, 0.29) is 0 Å². The molecule has 1 heteroatoms. The van der Waals surface area contributed by atoms with E-state index in [2.05, 4.69) is 168 Å². The van der Waals surface area contributed by atoms with Crippen molar-refractivity contribution in [3.63, 3.8) is 0 Å². The number of aromatic nitrogens is 1.